The van der Waals surface area contributed by atoms with Crippen LogP contribution in [0.15, 0.2) is 0 Å². The molecular weight excluding hydrogens is 174 g/mol. The summed E-state index contributed by atoms with van der Waals surface area (Å²) < 4.78 is 0. The average molecular weight is 197 g/mol. The SMILES string of the molecule is CCCC(C)C(=O)N1CCCC(C)C1. The minimum Gasteiger partial charge on any atom is -0.342 e. The summed E-state index contributed by atoms with van der Waals surface area (Å²) in [6.07, 6.45) is 4.61. The summed E-state index contributed by atoms with van der Waals surface area (Å²) in [7, 11) is 0. The topological polar surface area (TPSA) is 20.3 Å². The number of nitrogens with zero attached hydrogens (tertiary/aromatic N) is 1. The third-order valence-corrected chi connectivity index (χ3v) is 3.11. The van der Waals surface area contributed by atoms with Crippen LogP contribution in [0.25, 0.3) is 0 Å². The molecule has 2 nitrogen and oxygen atoms in total. The van der Waals surface area contributed by atoms with Gasteiger partial charge < -0.3 is 4.90 Å². The molecule has 82 valence electrons. The highest BCUT2D eigenvalue weighted by atomic mass is 16.2. The highest BCUT2D eigenvalue weighted by molar-refractivity contribution is 5.78. The van der Waals surface area contributed by atoms with Gasteiger partial charge in [0, 0.05) is 19.0 Å². The predicted molar refractivity (Wildman–Crippen MR) is 59.1 cm³/mol. The standard InChI is InChI=1S/C12H23NO/c1-4-6-11(3)12(14)13-8-5-7-10(2)9-13/h10-11H,4-9H2,1-3H3. The molecule has 2 unspecified atom stereocenters. The largest absolute Gasteiger partial charge is 0.342 e. The van der Waals surface area contributed by atoms with Gasteiger partial charge in [-0.05, 0) is 25.2 Å². The first kappa shape index (κ1) is 11.5. The molecule has 2 atom stereocenters. The van der Waals surface area contributed by atoms with Crippen LogP contribution >= 0.6 is 0 Å². The molecule has 1 saturated heterocycles. The molecule has 0 saturated carbocycles. The van der Waals surface area contributed by atoms with Crippen LogP contribution < -0.4 is 0 Å². The van der Waals surface area contributed by atoms with Gasteiger partial charge in [-0.25, -0.2) is 0 Å². The fourth-order valence-corrected chi connectivity index (χ4v) is 2.26. The van der Waals surface area contributed by atoms with Gasteiger partial charge in [0.15, 0.2) is 0 Å². The van der Waals surface area contributed by atoms with Crippen LogP contribution in [-0.2, 0) is 4.79 Å². The third-order valence-electron chi connectivity index (χ3n) is 3.11. The van der Waals surface area contributed by atoms with E-state index in [-0.39, 0.29) is 5.92 Å². The zero-order chi connectivity index (χ0) is 10.6. The second kappa shape index (κ2) is 5.38. The van der Waals surface area contributed by atoms with Gasteiger partial charge in [-0.3, -0.25) is 4.79 Å². The number of piperidine rings is 1. The zero-order valence-corrected chi connectivity index (χ0v) is 9.75. The summed E-state index contributed by atoms with van der Waals surface area (Å²) in [6.45, 7) is 8.40. The van der Waals surface area contributed by atoms with Crippen LogP contribution in [0, 0.1) is 11.8 Å². The zero-order valence-electron chi connectivity index (χ0n) is 9.75. The van der Waals surface area contributed by atoms with Crippen molar-refractivity contribution >= 4 is 5.91 Å². The van der Waals surface area contributed by atoms with Gasteiger partial charge in [0.05, 0.1) is 0 Å². The maximum absolute atomic E-state index is 12.0. The first-order valence-corrected chi connectivity index (χ1v) is 5.94. The lowest BCUT2D eigenvalue weighted by Gasteiger charge is -2.32. The van der Waals surface area contributed by atoms with E-state index in [9.17, 15) is 4.79 Å². The Bertz CT molecular complexity index is 191. The summed E-state index contributed by atoms with van der Waals surface area (Å²) >= 11 is 0. The molecule has 0 aromatic rings. The van der Waals surface area contributed by atoms with E-state index in [2.05, 4.69) is 25.7 Å². The maximum atomic E-state index is 12.0. The van der Waals surface area contributed by atoms with E-state index in [1.807, 2.05) is 0 Å². The molecular formula is C12H23NO. The molecule has 0 aromatic heterocycles. The van der Waals surface area contributed by atoms with Crippen molar-refractivity contribution in [3.05, 3.63) is 0 Å². The Morgan fingerprint density at radius 3 is 2.86 bits per heavy atom. The van der Waals surface area contributed by atoms with Gasteiger partial charge in [-0.15, -0.1) is 0 Å². The molecule has 1 amide bonds. The number of hydrogen-bond donors (Lipinski definition) is 0. The van der Waals surface area contributed by atoms with Gasteiger partial charge in [0.1, 0.15) is 0 Å². The third kappa shape index (κ3) is 3.00. The van der Waals surface area contributed by atoms with Gasteiger partial charge >= 0.3 is 0 Å². The lowest BCUT2D eigenvalue weighted by molar-refractivity contribution is -0.136. The lowest BCUT2D eigenvalue weighted by Crippen LogP contribution is -2.41. The number of carbonyl (C=O) groups is 1. The van der Waals surface area contributed by atoms with Crippen molar-refractivity contribution in [3.8, 4) is 0 Å². The number of likely N-dealkylation sites (tertiary alicyclic amines) is 1. The van der Waals surface area contributed by atoms with Crippen LogP contribution in [0.2, 0.25) is 0 Å². The molecule has 1 aliphatic heterocycles. The Kier molecular flexibility index (Phi) is 4.43. The molecule has 1 fully saturated rings. The maximum Gasteiger partial charge on any atom is 0.225 e. The van der Waals surface area contributed by atoms with E-state index >= 15 is 0 Å². The molecule has 1 heterocycles. The fourth-order valence-electron chi connectivity index (χ4n) is 2.26. The normalized spacial score (nSPS) is 24.8. The molecule has 0 bridgehead atoms. The van der Waals surface area contributed by atoms with E-state index in [1.54, 1.807) is 0 Å². The van der Waals surface area contributed by atoms with Crippen molar-refractivity contribution in [3.63, 3.8) is 0 Å². The van der Waals surface area contributed by atoms with Crippen molar-refractivity contribution in [1.29, 1.82) is 0 Å². The summed E-state index contributed by atoms with van der Waals surface area (Å²) in [4.78, 5) is 14.0. The van der Waals surface area contributed by atoms with Gasteiger partial charge in [-0.1, -0.05) is 27.2 Å². The second-order valence-electron chi connectivity index (χ2n) is 4.72. The molecule has 0 radical (unpaired) electrons. The van der Waals surface area contributed by atoms with E-state index in [1.165, 1.54) is 12.8 Å². The van der Waals surface area contributed by atoms with E-state index in [0.29, 0.717) is 11.8 Å². The minimum absolute atomic E-state index is 0.227. The van der Waals surface area contributed by atoms with Crippen LogP contribution in [-0.4, -0.2) is 23.9 Å². The van der Waals surface area contributed by atoms with E-state index < -0.39 is 0 Å². The van der Waals surface area contributed by atoms with Gasteiger partial charge in [-0.2, -0.15) is 0 Å². The number of rotatable bonds is 3. The molecule has 1 aliphatic rings. The fraction of sp³-hybridized carbons (Fsp3) is 0.917. The Labute approximate surface area is 87.7 Å². The Morgan fingerprint density at radius 1 is 1.57 bits per heavy atom. The van der Waals surface area contributed by atoms with Crippen molar-refractivity contribution in [1.82, 2.24) is 4.90 Å². The molecule has 0 aliphatic carbocycles. The van der Waals surface area contributed by atoms with Crippen LogP contribution in [0.5, 0.6) is 0 Å². The summed E-state index contributed by atoms with van der Waals surface area (Å²) in [5, 5.41) is 0. The smallest absolute Gasteiger partial charge is 0.225 e. The lowest BCUT2D eigenvalue weighted by atomic mass is 9.97. The minimum atomic E-state index is 0.227. The first-order chi connectivity index (χ1) is 6.65. The number of carbonyl (C=O) groups excluding carboxylic acids is 1. The number of hydrogen-bond acceptors (Lipinski definition) is 1. The van der Waals surface area contributed by atoms with Crippen LogP contribution in [0.1, 0.15) is 46.5 Å². The van der Waals surface area contributed by atoms with Crippen molar-refractivity contribution in [2.24, 2.45) is 11.8 Å². The molecule has 0 N–H and O–H groups in total. The van der Waals surface area contributed by atoms with Crippen molar-refractivity contribution < 1.29 is 4.79 Å². The predicted octanol–water partition coefficient (Wildman–Crippen LogP) is 2.68. The number of amides is 1. The molecule has 0 spiro atoms. The highest BCUT2D eigenvalue weighted by Crippen LogP contribution is 2.18. The molecule has 14 heavy (non-hydrogen) atoms. The summed E-state index contributed by atoms with van der Waals surface area (Å²) in [6, 6.07) is 0. The molecule has 0 aromatic carbocycles. The van der Waals surface area contributed by atoms with Gasteiger partial charge in [0.2, 0.25) is 5.91 Å². The Balaban J connectivity index is 2.42. The van der Waals surface area contributed by atoms with Crippen molar-refractivity contribution in [2.45, 2.75) is 46.5 Å². The molecule has 2 heteroatoms. The Hall–Kier alpha value is -0.530. The molecule has 1 rings (SSSR count). The summed E-state index contributed by atoms with van der Waals surface area (Å²) in [5.41, 5.74) is 0. The van der Waals surface area contributed by atoms with Crippen LogP contribution in [0.4, 0.5) is 0 Å². The Morgan fingerprint density at radius 2 is 2.29 bits per heavy atom. The van der Waals surface area contributed by atoms with Crippen molar-refractivity contribution in [2.75, 3.05) is 13.1 Å². The first-order valence-electron chi connectivity index (χ1n) is 5.94. The van der Waals surface area contributed by atoms with E-state index in [4.69, 9.17) is 0 Å². The van der Waals surface area contributed by atoms with Crippen LogP contribution in [0.3, 0.4) is 0 Å². The van der Waals surface area contributed by atoms with Gasteiger partial charge in [0.25, 0.3) is 0 Å². The van der Waals surface area contributed by atoms with E-state index in [0.717, 1.165) is 25.9 Å². The average Bonchev–Trinajstić information content (AvgIpc) is 2.17. The highest BCUT2D eigenvalue weighted by Gasteiger charge is 2.24. The summed E-state index contributed by atoms with van der Waals surface area (Å²) in [5.74, 6) is 1.30. The quantitative estimate of drug-likeness (QED) is 0.681. The monoisotopic (exact) mass is 197 g/mol. The second-order valence-corrected chi connectivity index (χ2v) is 4.72.